The van der Waals surface area contributed by atoms with Crippen molar-refractivity contribution >= 4 is 0 Å². The van der Waals surface area contributed by atoms with Gasteiger partial charge in [0.2, 0.25) is 0 Å². The summed E-state index contributed by atoms with van der Waals surface area (Å²) in [5.74, 6) is 1.79. The average Bonchev–Trinajstić information content (AvgIpc) is 2.97. The topological polar surface area (TPSA) is 15.3 Å². The molecule has 0 radical (unpaired) electrons. The Morgan fingerprint density at radius 1 is 1.36 bits per heavy atom. The molecule has 0 aromatic rings. The number of likely N-dealkylation sites (N-methyl/N-ethyl adjacent to an activating group) is 2. The predicted octanol–water partition coefficient (Wildman–Crippen LogP) is 1.96. The van der Waals surface area contributed by atoms with Crippen LogP contribution in [0.25, 0.3) is 0 Å². The highest BCUT2D eigenvalue weighted by atomic mass is 15.1. The summed E-state index contributed by atoms with van der Waals surface area (Å²) < 4.78 is 0. The zero-order valence-electron chi connectivity index (χ0n) is 10.2. The fraction of sp³-hybridized carbons (Fsp3) is 1.00. The summed E-state index contributed by atoms with van der Waals surface area (Å²) in [4.78, 5) is 2.48. The van der Waals surface area contributed by atoms with Gasteiger partial charge in [0.05, 0.1) is 0 Å². The lowest BCUT2D eigenvalue weighted by atomic mass is 10.1. The maximum Gasteiger partial charge on any atom is 0.0220 e. The molecule has 2 heteroatoms. The van der Waals surface area contributed by atoms with Gasteiger partial charge in [0.1, 0.15) is 0 Å². The quantitative estimate of drug-likeness (QED) is 0.673. The van der Waals surface area contributed by atoms with Crippen LogP contribution >= 0.6 is 0 Å². The van der Waals surface area contributed by atoms with E-state index in [4.69, 9.17) is 0 Å². The van der Waals surface area contributed by atoms with Crippen molar-refractivity contribution in [2.24, 2.45) is 11.8 Å². The van der Waals surface area contributed by atoms with Crippen molar-refractivity contribution in [3.63, 3.8) is 0 Å². The fourth-order valence-corrected chi connectivity index (χ4v) is 2.05. The van der Waals surface area contributed by atoms with Crippen molar-refractivity contribution in [3.8, 4) is 0 Å². The minimum absolute atomic E-state index is 0.726. The highest BCUT2D eigenvalue weighted by molar-refractivity contribution is 4.87. The summed E-state index contributed by atoms with van der Waals surface area (Å²) in [6.45, 7) is 7.06. The van der Waals surface area contributed by atoms with Crippen LogP contribution < -0.4 is 5.32 Å². The molecule has 1 fully saturated rings. The SMILES string of the molecule is CCC(C)CN(C)CC(NC)C1CC1. The van der Waals surface area contributed by atoms with E-state index in [0.29, 0.717) is 0 Å². The summed E-state index contributed by atoms with van der Waals surface area (Å²) in [6, 6.07) is 0.726. The van der Waals surface area contributed by atoms with Gasteiger partial charge in [-0.1, -0.05) is 20.3 Å². The van der Waals surface area contributed by atoms with E-state index >= 15 is 0 Å². The Morgan fingerprint density at radius 3 is 2.43 bits per heavy atom. The van der Waals surface area contributed by atoms with E-state index in [1.165, 1.54) is 32.4 Å². The molecule has 0 aromatic heterocycles. The average molecular weight is 198 g/mol. The molecule has 0 bridgehead atoms. The maximum atomic E-state index is 3.44. The predicted molar refractivity (Wildman–Crippen MR) is 62.5 cm³/mol. The van der Waals surface area contributed by atoms with Gasteiger partial charge < -0.3 is 10.2 Å². The van der Waals surface area contributed by atoms with E-state index in [0.717, 1.165) is 17.9 Å². The van der Waals surface area contributed by atoms with Gasteiger partial charge >= 0.3 is 0 Å². The number of nitrogens with zero attached hydrogens (tertiary/aromatic N) is 1. The first-order chi connectivity index (χ1) is 6.67. The van der Waals surface area contributed by atoms with Crippen LogP contribution in [0.1, 0.15) is 33.1 Å². The van der Waals surface area contributed by atoms with Crippen molar-refractivity contribution in [2.45, 2.75) is 39.2 Å². The minimum atomic E-state index is 0.726. The standard InChI is InChI=1S/C12H26N2/c1-5-10(2)8-14(4)9-12(13-3)11-6-7-11/h10-13H,5-9H2,1-4H3. The van der Waals surface area contributed by atoms with Gasteiger partial charge in [-0.15, -0.1) is 0 Å². The first kappa shape index (κ1) is 12.0. The molecule has 1 aliphatic rings. The van der Waals surface area contributed by atoms with Gasteiger partial charge in [0, 0.05) is 19.1 Å². The number of nitrogens with one attached hydrogen (secondary N) is 1. The van der Waals surface area contributed by atoms with E-state index in [-0.39, 0.29) is 0 Å². The van der Waals surface area contributed by atoms with Crippen molar-refractivity contribution in [1.29, 1.82) is 0 Å². The molecule has 14 heavy (non-hydrogen) atoms. The maximum absolute atomic E-state index is 3.44. The molecule has 0 aliphatic heterocycles. The summed E-state index contributed by atoms with van der Waals surface area (Å²) in [6.07, 6.45) is 4.16. The van der Waals surface area contributed by atoms with Gasteiger partial charge in [-0.2, -0.15) is 0 Å². The van der Waals surface area contributed by atoms with Crippen LogP contribution in [0.2, 0.25) is 0 Å². The highest BCUT2D eigenvalue weighted by Gasteiger charge is 2.30. The Hall–Kier alpha value is -0.0800. The second-order valence-electron chi connectivity index (χ2n) is 4.97. The third kappa shape index (κ3) is 3.97. The normalized spacial score (nSPS) is 21.2. The second-order valence-corrected chi connectivity index (χ2v) is 4.97. The molecule has 0 spiro atoms. The zero-order chi connectivity index (χ0) is 10.6. The van der Waals surface area contributed by atoms with Crippen molar-refractivity contribution in [3.05, 3.63) is 0 Å². The van der Waals surface area contributed by atoms with Gasteiger partial charge in [0.25, 0.3) is 0 Å². The lowest BCUT2D eigenvalue weighted by Crippen LogP contribution is -2.40. The van der Waals surface area contributed by atoms with Crippen LogP contribution in [0.4, 0.5) is 0 Å². The summed E-state index contributed by atoms with van der Waals surface area (Å²) in [7, 11) is 4.35. The van der Waals surface area contributed by atoms with Crippen LogP contribution in [0, 0.1) is 11.8 Å². The lowest BCUT2D eigenvalue weighted by molar-refractivity contribution is 0.246. The molecule has 84 valence electrons. The molecule has 2 atom stereocenters. The van der Waals surface area contributed by atoms with Crippen molar-refractivity contribution < 1.29 is 0 Å². The molecular weight excluding hydrogens is 172 g/mol. The molecule has 0 amide bonds. The van der Waals surface area contributed by atoms with E-state index < -0.39 is 0 Å². The Morgan fingerprint density at radius 2 is 2.00 bits per heavy atom. The van der Waals surface area contributed by atoms with E-state index in [2.05, 4.69) is 38.2 Å². The number of hydrogen-bond donors (Lipinski definition) is 1. The number of hydrogen-bond acceptors (Lipinski definition) is 2. The molecule has 1 saturated carbocycles. The summed E-state index contributed by atoms with van der Waals surface area (Å²) in [5.41, 5.74) is 0. The molecular formula is C12H26N2. The van der Waals surface area contributed by atoms with E-state index in [1.807, 2.05) is 0 Å². The monoisotopic (exact) mass is 198 g/mol. The molecule has 1 rings (SSSR count). The first-order valence-corrected chi connectivity index (χ1v) is 6.03. The van der Waals surface area contributed by atoms with Crippen LogP contribution in [0.5, 0.6) is 0 Å². The van der Waals surface area contributed by atoms with Crippen molar-refractivity contribution in [1.82, 2.24) is 10.2 Å². The van der Waals surface area contributed by atoms with Gasteiger partial charge in [0.15, 0.2) is 0 Å². The summed E-state index contributed by atoms with van der Waals surface area (Å²) >= 11 is 0. The molecule has 0 aromatic carbocycles. The zero-order valence-corrected chi connectivity index (χ0v) is 10.2. The Balaban J connectivity index is 2.19. The van der Waals surface area contributed by atoms with Gasteiger partial charge in [-0.05, 0) is 38.8 Å². The van der Waals surface area contributed by atoms with Crippen LogP contribution in [0.15, 0.2) is 0 Å². The Bertz CT molecular complexity index is 154. The minimum Gasteiger partial charge on any atom is -0.315 e. The van der Waals surface area contributed by atoms with E-state index in [1.54, 1.807) is 0 Å². The molecule has 2 nitrogen and oxygen atoms in total. The Kier molecular flexibility index (Phi) is 4.90. The number of rotatable bonds is 7. The smallest absolute Gasteiger partial charge is 0.0220 e. The Labute approximate surface area is 89.1 Å². The summed E-state index contributed by atoms with van der Waals surface area (Å²) in [5, 5.41) is 3.44. The third-order valence-corrected chi connectivity index (χ3v) is 3.39. The highest BCUT2D eigenvalue weighted by Crippen LogP contribution is 2.32. The molecule has 1 aliphatic carbocycles. The third-order valence-electron chi connectivity index (χ3n) is 3.39. The first-order valence-electron chi connectivity index (χ1n) is 6.03. The lowest BCUT2D eigenvalue weighted by Gasteiger charge is -2.25. The van der Waals surface area contributed by atoms with Crippen LogP contribution in [-0.2, 0) is 0 Å². The molecule has 1 N–H and O–H groups in total. The largest absolute Gasteiger partial charge is 0.315 e. The van der Waals surface area contributed by atoms with Crippen LogP contribution in [0.3, 0.4) is 0 Å². The second kappa shape index (κ2) is 5.72. The van der Waals surface area contributed by atoms with Gasteiger partial charge in [-0.25, -0.2) is 0 Å². The fourth-order valence-electron chi connectivity index (χ4n) is 2.05. The molecule has 2 unspecified atom stereocenters. The molecule has 0 heterocycles. The van der Waals surface area contributed by atoms with E-state index in [9.17, 15) is 0 Å². The molecule has 0 saturated heterocycles. The van der Waals surface area contributed by atoms with Crippen molar-refractivity contribution in [2.75, 3.05) is 27.2 Å². The van der Waals surface area contributed by atoms with Crippen LogP contribution in [-0.4, -0.2) is 38.1 Å². The van der Waals surface area contributed by atoms with Gasteiger partial charge in [-0.3, -0.25) is 0 Å².